The third-order valence-electron chi connectivity index (χ3n) is 5.85. The molecule has 1 N–H and O–H groups in total. The van der Waals surface area contributed by atoms with Crippen LogP contribution in [0.15, 0.2) is 34.0 Å². The molecule has 1 amide bonds. The molecule has 0 aliphatic heterocycles. The summed E-state index contributed by atoms with van der Waals surface area (Å²) in [7, 11) is 0. The smallest absolute Gasteiger partial charge is 0.240 e. The Labute approximate surface area is 137 Å². The summed E-state index contributed by atoms with van der Waals surface area (Å²) >= 11 is 0. The van der Waals surface area contributed by atoms with Crippen LogP contribution < -0.4 is 5.43 Å². The number of allylic oxidation sites excluding steroid dienone is 1. The van der Waals surface area contributed by atoms with Crippen LogP contribution in [-0.2, 0) is 4.79 Å². The molecule has 0 radical (unpaired) electrons. The second kappa shape index (κ2) is 5.99. The predicted molar refractivity (Wildman–Crippen MR) is 89.6 cm³/mol. The second-order valence-electron chi connectivity index (χ2n) is 7.78. The molecule has 4 bridgehead atoms. The number of amides is 1. The lowest BCUT2D eigenvalue weighted by atomic mass is 9.49. The fourth-order valence-corrected chi connectivity index (χ4v) is 5.56. The second-order valence-corrected chi connectivity index (χ2v) is 7.78. The quantitative estimate of drug-likeness (QED) is 0.660. The highest BCUT2D eigenvalue weighted by Crippen LogP contribution is 2.61. The van der Waals surface area contributed by atoms with Gasteiger partial charge in [-0.1, -0.05) is 0 Å². The van der Waals surface area contributed by atoms with Gasteiger partial charge in [0.2, 0.25) is 5.91 Å². The van der Waals surface area contributed by atoms with E-state index < -0.39 is 0 Å². The van der Waals surface area contributed by atoms with E-state index in [0.717, 1.165) is 23.5 Å². The van der Waals surface area contributed by atoms with Crippen molar-refractivity contribution in [1.82, 2.24) is 5.43 Å². The summed E-state index contributed by atoms with van der Waals surface area (Å²) in [5.74, 6) is 3.49. The fraction of sp³-hybridized carbons (Fsp3) is 0.579. The van der Waals surface area contributed by atoms with E-state index in [4.69, 9.17) is 4.42 Å². The van der Waals surface area contributed by atoms with Crippen molar-refractivity contribution in [2.24, 2.45) is 28.3 Å². The lowest BCUT2D eigenvalue weighted by molar-refractivity contribution is -0.129. The summed E-state index contributed by atoms with van der Waals surface area (Å²) in [6, 6.07) is 3.71. The van der Waals surface area contributed by atoms with Gasteiger partial charge in [-0.25, -0.2) is 5.43 Å². The van der Waals surface area contributed by atoms with Crippen molar-refractivity contribution in [2.45, 2.75) is 44.9 Å². The van der Waals surface area contributed by atoms with Crippen molar-refractivity contribution in [3.63, 3.8) is 0 Å². The first-order chi connectivity index (χ1) is 11.2. The molecule has 4 heteroatoms. The molecule has 1 heterocycles. The number of hydrogen-bond acceptors (Lipinski definition) is 3. The van der Waals surface area contributed by atoms with Gasteiger partial charge >= 0.3 is 0 Å². The van der Waals surface area contributed by atoms with Crippen LogP contribution >= 0.6 is 0 Å². The van der Waals surface area contributed by atoms with Crippen molar-refractivity contribution in [1.29, 1.82) is 0 Å². The Balaban J connectivity index is 1.29. The molecule has 0 unspecified atom stereocenters. The molecular formula is C19H24N2O2. The first kappa shape index (κ1) is 14.7. The Bertz CT molecular complexity index is 580. The van der Waals surface area contributed by atoms with Crippen LogP contribution in [0.2, 0.25) is 0 Å². The molecule has 122 valence electrons. The monoisotopic (exact) mass is 312 g/mol. The van der Waals surface area contributed by atoms with Crippen molar-refractivity contribution >= 4 is 18.2 Å². The molecule has 0 spiro atoms. The molecule has 0 aromatic carbocycles. The first-order valence-corrected chi connectivity index (χ1v) is 8.73. The standard InChI is InChI=1S/C19H24N2O2/c22-18(21-20-5-1-3-17-4-2-6-23-17)13-19-10-14-7-15(11-19)9-16(8-14)12-19/h1-6,14-16H,7-13H2,(H,21,22)/b3-1+,20-5+. The van der Waals surface area contributed by atoms with Crippen molar-refractivity contribution < 1.29 is 9.21 Å². The lowest BCUT2D eigenvalue weighted by Gasteiger charge is -2.56. The number of hydrogen-bond donors (Lipinski definition) is 1. The number of nitrogens with zero attached hydrogens (tertiary/aromatic N) is 1. The van der Waals surface area contributed by atoms with Crippen molar-refractivity contribution in [3.05, 3.63) is 30.2 Å². The van der Waals surface area contributed by atoms with E-state index in [1.165, 1.54) is 38.5 Å². The van der Waals surface area contributed by atoms with Gasteiger partial charge in [-0.2, -0.15) is 5.10 Å². The zero-order valence-corrected chi connectivity index (χ0v) is 13.4. The molecule has 4 fully saturated rings. The van der Waals surface area contributed by atoms with Crippen LogP contribution in [0.4, 0.5) is 0 Å². The fourth-order valence-electron chi connectivity index (χ4n) is 5.56. The van der Waals surface area contributed by atoms with E-state index >= 15 is 0 Å². The summed E-state index contributed by atoms with van der Waals surface area (Å²) in [6.07, 6.45) is 15.5. The minimum absolute atomic E-state index is 0.0644. The van der Waals surface area contributed by atoms with Gasteiger partial charge in [0, 0.05) is 12.6 Å². The highest BCUT2D eigenvalue weighted by Gasteiger charge is 2.51. The van der Waals surface area contributed by atoms with Gasteiger partial charge in [0.05, 0.1) is 6.26 Å². The van der Waals surface area contributed by atoms with Crippen LogP contribution in [-0.4, -0.2) is 12.1 Å². The average molecular weight is 312 g/mol. The van der Waals surface area contributed by atoms with Gasteiger partial charge in [-0.3, -0.25) is 4.79 Å². The van der Waals surface area contributed by atoms with Gasteiger partial charge in [-0.15, -0.1) is 0 Å². The number of carbonyl (C=O) groups excluding carboxylic acids is 1. The minimum Gasteiger partial charge on any atom is -0.465 e. The van der Waals surface area contributed by atoms with Gasteiger partial charge in [0.25, 0.3) is 0 Å². The SMILES string of the molecule is O=C(CC12CC3CC(CC(C3)C1)C2)N/N=C/C=C/c1ccco1. The maximum absolute atomic E-state index is 12.3. The summed E-state index contributed by atoms with van der Waals surface area (Å²) in [6.45, 7) is 0. The maximum Gasteiger partial charge on any atom is 0.240 e. The normalized spacial score (nSPS) is 35.4. The summed E-state index contributed by atoms with van der Waals surface area (Å²) in [5.41, 5.74) is 2.96. The van der Waals surface area contributed by atoms with Crippen molar-refractivity contribution in [2.75, 3.05) is 0 Å². The average Bonchev–Trinajstić information content (AvgIpc) is 2.98. The van der Waals surface area contributed by atoms with E-state index in [1.807, 2.05) is 18.2 Å². The Morgan fingerprint density at radius 1 is 1.26 bits per heavy atom. The molecule has 1 aromatic rings. The number of rotatable bonds is 5. The van der Waals surface area contributed by atoms with E-state index in [9.17, 15) is 4.79 Å². The van der Waals surface area contributed by atoms with E-state index in [2.05, 4.69) is 10.5 Å². The van der Waals surface area contributed by atoms with Crippen LogP contribution in [0.1, 0.15) is 50.7 Å². The summed E-state index contributed by atoms with van der Waals surface area (Å²) in [4.78, 5) is 12.3. The van der Waals surface area contributed by atoms with E-state index in [-0.39, 0.29) is 11.3 Å². The Morgan fingerprint density at radius 3 is 2.57 bits per heavy atom. The van der Waals surface area contributed by atoms with E-state index in [0.29, 0.717) is 6.42 Å². The summed E-state index contributed by atoms with van der Waals surface area (Å²) < 4.78 is 5.18. The van der Waals surface area contributed by atoms with E-state index in [1.54, 1.807) is 18.6 Å². The zero-order valence-electron chi connectivity index (χ0n) is 13.4. The van der Waals surface area contributed by atoms with Gasteiger partial charge < -0.3 is 4.42 Å². The number of furan rings is 1. The largest absolute Gasteiger partial charge is 0.465 e. The Hall–Kier alpha value is -1.84. The van der Waals surface area contributed by atoms with Crippen LogP contribution in [0.25, 0.3) is 6.08 Å². The topological polar surface area (TPSA) is 54.6 Å². The predicted octanol–water partition coefficient (Wildman–Crippen LogP) is 4.00. The Kier molecular flexibility index (Phi) is 3.83. The highest BCUT2D eigenvalue weighted by atomic mass is 16.3. The molecule has 5 rings (SSSR count). The zero-order chi connectivity index (χ0) is 15.7. The van der Waals surface area contributed by atoms with Gasteiger partial charge in [0.1, 0.15) is 5.76 Å². The van der Waals surface area contributed by atoms with Crippen LogP contribution in [0, 0.1) is 23.2 Å². The molecule has 1 aromatic heterocycles. The molecule has 4 nitrogen and oxygen atoms in total. The lowest BCUT2D eigenvalue weighted by Crippen LogP contribution is -2.47. The molecule has 0 saturated heterocycles. The third-order valence-corrected chi connectivity index (χ3v) is 5.85. The van der Waals surface area contributed by atoms with Crippen molar-refractivity contribution in [3.8, 4) is 0 Å². The van der Waals surface area contributed by atoms with Gasteiger partial charge in [0.15, 0.2) is 0 Å². The maximum atomic E-state index is 12.3. The number of nitrogens with one attached hydrogen (secondary N) is 1. The molecule has 4 aliphatic rings. The molecule has 23 heavy (non-hydrogen) atoms. The Morgan fingerprint density at radius 2 is 1.96 bits per heavy atom. The molecule has 4 aliphatic carbocycles. The molecular weight excluding hydrogens is 288 g/mol. The summed E-state index contributed by atoms with van der Waals surface area (Å²) in [5, 5.41) is 4.02. The number of carbonyl (C=O) groups is 1. The minimum atomic E-state index is 0.0644. The first-order valence-electron chi connectivity index (χ1n) is 8.73. The van der Waals surface area contributed by atoms with Crippen LogP contribution in [0.5, 0.6) is 0 Å². The number of hydrazone groups is 1. The van der Waals surface area contributed by atoms with Gasteiger partial charge in [-0.05, 0) is 86.0 Å². The third kappa shape index (κ3) is 3.26. The van der Waals surface area contributed by atoms with Crippen LogP contribution in [0.3, 0.4) is 0 Å². The molecule has 0 atom stereocenters. The highest BCUT2D eigenvalue weighted by molar-refractivity contribution is 5.81. The molecule has 4 saturated carbocycles.